The average Bonchev–Trinajstić information content (AvgIpc) is 2.26. The van der Waals surface area contributed by atoms with Crippen LogP contribution >= 0.6 is 11.6 Å². The van der Waals surface area contributed by atoms with Crippen LogP contribution in [0, 0.1) is 11.3 Å². The van der Waals surface area contributed by atoms with Crippen molar-refractivity contribution in [3.05, 3.63) is 35.4 Å². The Bertz CT molecular complexity index is 396. The molecule has 0 aliphatic heterocycles. The van der Waals surface area contributed by atoms with Gasteiger partial charge in [0.2, 0.25) is 5.91 Å². The third-order valence-corrected chi connectivity index (χ3v) is 2.08. The molecule has 1 N–H and O–H groups in total. The summed E-state index contributed by atoms with van der Waals surface area (Å²) < 4.78 is 0. The molecule has 0 heterocycles. The van der Waals surface area contributed by atoms with E-state index in [9.17, 15) is 4.79 Å². The maximum Gasteiger partial charge on any atom is 0.238 e. The van der Waals surface area contributed by atoms with Crippen LogP contribution in [0.5, 0.6) is 0 Å². The summed E-state index contributed by atoms with van der Waals surface area (Å²) in [7, 11) is 0. The number of hydrogen-bond donors (Lipinski definition) is 1. The number of nitriles is 1. The quantitative estimate of drug-likeness (QED) is 0.793. The molecule has 1 amide bonds. The lowest BCUT2D eigenvalue weighted by atomic mass is 10.1. The Balaban J connectivity index is 2.59. The molecule has 0 aliphatic carbocycles. The highest BCUT2D eigenvalue weighted by atomic mass is 35.5. The largest absolute Gasteiger partial charge is 0.351 e. The predicted molar refractivity (Wildman–Crippen MR) is 58.3 cm³/mol. The highest BCUT2D eigenvalue weighted by Crippen LogP contribution is 2.04. The normalized spacial score (nSPS) is 11.5. The van der Waals surface area contributed by atoms with Gasteiger partial charge in [-0.2, -0.15) is 5.26 Å². The summed E-state index contributed by atoms with van der Waals surface area (Å²) in [5.41, 5.74) is 1.47. The van der Waals surface area contributed by atoms with Crippen molar-refractivity contribution in [3.63, 3.8) is 0 Å². The highest BCUT2D eigenvalue weighted by Gasteiger charge is 2.07. The van der Waals surface area contributed by atoms with Gasteiger partial charge in [0.05, 0.1) is 11.6 Å². The van der Waals surface area contributed by atoms with Crippen LogP contribution in [0.4, 0.5) is 0 Å². The topological polar surface area (TPSA) is 52.9 Å². The Morgan fingerprint density at radius 1 is 1.67 bits per heavy atom. The van der Waals surface area contributed by atoms with E-state index < -0.39 is 5.38 Å². The van der Waals surface area contributed by atoms with E-state index in [-0.39, 0.29) is 5.91 Å². The zero-order valence-corrected chi connectivity index (χ0v) is 9.08. The molecule has 78 valence electrons. The molecule has 15 heavy (non-hydrogen) atoms. The van der Waals surface area contributed by atoms with E-state index in [1.54, 1.807) is 25.1 Å². The Morgan fingerprint density at radius 2 is 2.40 bits per heavy atom. The van der Waals surface area contributed by atoms with Crippen molar-refractivity contribution in [2.24, 2.45) is 0 Å². The van der Waals surface area contributed by atoms with Gasteiger partial charge < -0.3 is 5.32 Å². The SMILES string of the molecule is CC(Cl)C(=O)NCc1cccc(C#N)c1. The van der Waals surface area contributed by atoms with Gasteiger partial charge in [-0.05, 0) is 24.6 Å². The summed E-state index contributed by atoms with van der Waals surface area (Å²) in [6.07, 6.45) is 0. The lowest BCUT2D eigenvalue weighted by molar-refractivity contribution is -0.120. The first-order valence-electron chi connectivity index (χ1n) is 4.54. The van der Waals surface area contributed by atoms with Crippen molar-refractivity contribution in [1.29, 1.82) is 5.26 Å². The second-order valence-corrected chi connectivity index (χ2v) is 3.80. The summed E-state index contributed by atoms with van der Waals surface area (Å²) in [4.78, 5) is 11.2. The summed E-state index contributed by atoms with van der Waals surface area (Å²) in [6, 6.07) is 9.12. The molecule has 0 saturated heterocycles. The first kappa shape index (κ1) is 11.5. The summed E-state index contributed by atoms with van der Waals surface area (Å²) in [5.74, 6) is -0.209. The van der Waals surface area contributed by atoms with Gasteiger partial charge in [-0.25, -0.2) is 0 Å². The number of carbonyl (C=O) groups is 1. The molecule has 1 aromatic rings. The van der Waals surface area contributed by atoms with Crippen LogP contribution in [0.3, 0.4) is 0 Å². The minimum Gasteiger partial charge on any atom is -0.351 e. The fourth-order valence-electron chi connectivity index (χ4n) is 1.08. The van der Waals surface area contributed by atoms with E-state index in [1.165, 1.54) is 0 Å². The van der Waals surface area contributed by atoms with E-state index in [1.807, 2.05) is 12.1 Å². The molecule has 1 aromatic carbocycles. The van der Waals surface area contributed by atoms with E-state index in [0.29, 0.717) is 12.1 Å². The number of rotatable bonds is 3. The molecule has 4 heteroatoms. The van der Waals surface area contributed by atoms with E-state index in [0.717, 1.165) is 5.56 Å². The fourth-order valence-corrected chi connectivity index (χ4v) is 1.16. The molecule has 0 bridgehead atoms. The van der Waals surface area contributed by atoms with Gasteiger partial charge in [-0.3, -0.25) is 4.79 Å². The predicted octanol–water partition coefficient (Wildman–Crippen LogP) is 1.80. The Hall–Kier alpha value is -1.53. The smallest absolute Gasteiger partial charge is 0.238 e. The monoisotopic (exact) mass is 222 g/mol. The van der Waals surface area contributed by atoms with Crippen molar-refractivity contribution in [3.8, 4) is 6.07 Å². The second kappa shape index (κ2) is 5.38. The van der Waals surface area contributed by atoms with Gasteiger partial charge in [-0.15, -0.1) is 11.6 Å². The number of nitrogens with one attached hydrogen (secondary N) is 1. The maximum atomic E-state index is 11.2. The van der Waals surface area contributed by atoms with Crippen LogP contribution in [0.15, 0.2) is 24.3 Å². The molecule has 0 radical (unpaired) electrons. The molecule has 0 spiro atoms. The summed E-state index contributed by atoms with van der Waals surface area (Å²) in [5, 5.41) is 10.8. The third-order valence-electron chi connectivity index (χ3n) is 1.88. The molecule has 1 atom stereocenters. The summed E-state index contributed by atoms with van der Waals surface area (Å²) >= 11 is 5.59. The lowest BCUT2D eigenvalue weighted by Crippen LogP contribution is -2.29. The molecule has 1 rings (SSSR count). The molecule has 0 aliphatic rings. The first-order chi connectivity index (χ1) is 7.13. The number of benzene rings is 1. The Labute approximate surface area is 93.7 Å². The van der Waals surface area contributed by atoms with Crippen molar-refractivity contribution in [2.75, 3.05) is 0 Å². The minimum absolute atomic E-state index is 0.209. The van der Waals surface area contributed by atoms with Gasteiger partial charge in [0.25, 0.3) is 0 Å². The Morgan fingerprint density at radius 3 is 3.00 bits per heavy atom. The zero-order valence-electron chi connectivity index (χ0n) is 8.33. The van der Waals surface area contributed by atoms with Crippen LogP contribution < -0.4 is 5.32 Å². The molecule has 0 fully saturated rings. The van der Waals surface area contributed by atoms with Gasteiger partial charge in [0.15, 0.2) is 0 Å². The lowest BCUT2D eigenvalue weighted by Gasteiger charge is -2.06. The van der Waals surface area contributed by atoms with Crippen LogP contribution in [0.1, 0.15) is 18.1 Å². The number of hydrogen-bond acceptors (Lipinski definition) is 2. The number of halogens is 1. The number of nitrogens with zero attached hydrogens (tertiary/aromatic N) is 1. The minimum atomic E-state index is -0.538. The zero-order chi connectivity index (χ0) is 11.3. The Kier molecular flexibility index (Phi) is 4.14. The maximum absolute atomic E-state index is 11.2. The molecule has 0 aromatic heterocycles. The average molecular weight is 223 g/mol. The molecular weight excluding hydrogens is 212 g/mol. The number of alkyl halides is 1. The van der Waals surface area contributed by atoms with Gasteiger partial charge in [0, 0.05) is 6.54 Å². The third kappa shape index (κ3) is 3.61. The van der Waals surface area contributed by atoms with E-state index in [2.05, 4.69) is 5.32 Å². The fraction of sp³-hybridized carbons (Fsp3) is 0.273. The van der Waals surface area contributed by atoms with Gasteiger partial charge in [0.1, 0.15) is 5.38 Å². The van der Waals surface area contributed by atoms with Crippen molar-refractivity contribution in [2.45, 2.75) is 18.8 Å². The van der Waals surface area contributed by atoms with E-state index >= 15 is 0 Å². The number of amides is 1. The van der Waals surface area contributed by atoms with E-state index in [4.69, 9.17) is 16.9 Å². The molecular formula is C11H11ClN2O. The van der Waals surface area contributed by atoms with Crippen LogP contribution in [0.2, 0.25) is 0 Å². The van der Waals surface area contributed by atoms with Crippen molar-refractivity contribution >= 4 is 17.5 Å². The molecule has 1 unspecified atom stereocenters. The standard InChI is InChI=1S/C11H11ClN2O/c1-8(12)11(15)14-7-10-4-2-3-9(5-10)6-13/h2-5,8H,7H2,1H3,(H,14,15). The number of carbonyl (C=O) groups excluding carboxylic acids is 1. The van der Waals surface area contributed by atoms with Crippen molar-refractivity contribution < 1.29 is 4.79 Å². The molecule has 0 saturated carbocycles. The van der Waals surface area contributed by atoms with Crippen LogP contribution in [0.25, 0.3) is 0 Å². The van der Waals surface area contributed by atoms with Gasteiger partial charge in [-0.1, -0.05) is 12.1 Å². The first-order valence-corrected chi connectivity index (χ1v) is 4.98. The van der Waals surface area contributed by atoms with Gasteiger partial charge >= 0.3 is 0 Å². The second-order valence-electron chi connectivity index (χ2n) is 3.15. The van der Waals surface area contributed by atoms with Crippen molar-refractivity contribution in [1.82, 2.24) is 5.32 Å². The van der Waals surface area contributed by atoms with Crippen LogP contribution in [-0.4, -0.2) is 11.3 Å². The highest BCUT2D eigenvalue weighted by molar-refractivity contribution is 6.30. The molecule has 3 nitrogen and oxygen atoms in total. The van der Waals surface area contributed by atoms with Crippen LogP contribution in [-0.2, 0) is 11.3 Å². The summed E-state index contributed by atoms with van der Waals surface area (Å²) in [6.45, 7) is 2.01.